The first-order valence-electron chi connectivity index (χ1n) is 18.3. The number of quaternary nitrogens is 1. The lowest BCUT2D eigenvalue weighted by atomic mass is 9.57. The molecular weight excluding hydrogens is 589 g/mol. The van der Waals surface area contributed by atoms with E-state index >= 15 is 0 Å². The van der Waals surface area contributed by atoms with Crippen molar-refractivity contribution in [2.45, 2.75) is 167 Å². The molecule has 0 spiro atoms. The van der Waals surface area contributed by atoms with Crippen molar-refractivity contribution in [2.24, 2.45) is 11.3 Å². The third kappa shape index (κ3) is 14.7. The fraction of sp³-hybridized carbons (Fsp3) is 0.861. The Balaban J connectivity index is 1.24. The van der Waals surface area contributed by atoms with Gasteiger partial charge in [0.15, 0.2) is 0 Å². The van der Waals surface area contributed by atoms with Gasteiger partial charge in [-0.25, -0.2) is 0 Å². The smallest absolute Gasteiger partial charge is 0.324 e. The van der Waals surface area contributed by atoms with Gasteiger partial charge in [-0.1, -0.05) is 103 Å². The Bertz CT molecular complexity index is 947. The summed E-state index contributed by atoms with van der Waals surface area (Å²) in [5, 5.41) is 0. The minimum atomic E-state index is -4.64. The van der Waals surface area contributed by atoms with Gasteiger partial charge in [-0.2, -0.15) is 5.48 Å². The molecule has 260 valence electrons. The largest absolute Gasteiger partial charge is 0.752 e. The second-order valence-electron chi connectivity index (χ2n) is 14.3. The number of carbonyl (C=O) groups excluding carboxylic acids is 1. The van der Waals surface area contributed by atoms with Crippen molar-refractivity contribution >= 4 is 13.8 Å². The first-order chi connectivity index (χ1) is 21.7. The molecule has 3 saturated carbocycles. The van der Waals surface area contributed by atoms with Crippen molar-refractivity contribution < 1.29 is 38.4 Å². The minimum Gasteiger partial charge on any atom is -0.752 e. The van der Waals surface area contributed by atoms with Crippen molar-refractivity contribution in [3.8, 4) is 0 Å². The summed E-state index contributed by atoms with van der Waals surface area (Å²) < 4.78 is 33.8. The zero-order chi connectivity index (χ0) is 32.4. The number of nitrogens with two attached hydrogens (primary N) is 1. The number of phosphoric ester groups is 1. The molecule has 0 aromatic heterocycles. The summed E-state index contributed by atoms with van der Waals surface area (Å²) in [6.45, 7) is 5.79. The SMILES string of the molecule is CCCCCCCCCCCCCCCCOCC(COP(=O)([O-])O[NH2+]C1(C)C=CC(C23CCC(CC2)CC3)=CC1)OC(C)=O. The number of rotatable bonds is 25. The molecule has 3 unspecified atom stereocenters. The first kappa shape index (κ1) is 38.4. The molecule has 0 aromatic carbocycles. The number of hydroxylamine groups is 1. The van der Waals surface area contributed by atoms with Gasteiger partial charge in [0.2, 0.25) is 0 Å². The van der Waals surface area contributed by atoms with Crippen molar-refractivity contribution in [1.82, 2.24) is 0 Å². The maximum Gasteiger partial charge on any atom is 0.324 e. The molecule has 2 N–H and O–H groups in total. The molecule has 8 nitrogen and oxygen atoms in total. The Morgan fingerprint density at radius 2 is 1.49 bits per heavy atom. The molecule has 0 aliphatic heterocycles. The van der Waals surface area contributed by atoms with Crippen molar-refractivity contribution in [2.75, 3.05) is 19.8 Å². The van der Waals surface area contributed by atoms with E-state index in [0.29, 0.717) is 18.4 Å². The van der Waals surface area contributed by atoms with E-state index in [0.717, 1.165) is 18.8 Å². The Kier molecular flexibility index (Phi) is 17.4. The summed E-state index contributed by atoms with van der Waals surface area (Å²) in [6.07, 6.45) is 32.2. The van der Waals surface area contributed by atoms with Crippen LogP contribution in [-0.2, 0) is 28.0 Å². The number of allylic oxidation sites excluding steroid dienone is 2. The lowest BCUT2D eigenvalue weighted by molar-refractivity contribution is -0.906. The summed E-state index contributed by atoms with van der Waals surface area (Å²) in [6, 6.07) is 0. The Hall–Kier alpha value is -1.02. The summed E-state index contributed by atoms with van der Waals surface area (Å²) in [5.74, 6) is 0.407. The number of fused-ring (bicyclic) bond motifs is 3. The zero-order valence-electron chi connectivity index (χ0n) is 28.7. The van der Waals surface area contributed by atoms with Gasteiger partial charge in [0.25, 0.3) is 0 Å². The average Bonchev–Trinajstić information content (AvgIpc) is 3.03. The van der Waals surface area contributed by atoms with Crippen LogP contribution in [0.1, 0.15) is 156 Å². The second kappa shape index (κ2) is 20.4. The van der Waals surface area contributed by atoms with Crippen molar-refractivity contribution in [1.29, 1.82) is 0 Å². The quantitative estimate of drug-likeness (QED) is 0.0460. The first-order valence-corrected chi connectivity index (χ1v) is 19.7. The predicted molar refractivity (Wildman–Crippen MR) is 177 cm³/mol. The fourth-order valence-corrected chi connectivity index (χ4v) is 8.04. The topological polar surface area (TPSA) is 111 Å². The molecular formula is C36H64NO7P. The van der Waals surface area contributed by atoms with E-state index in [1.807, 2.05) is 6.92 Å². The highest BCUT2D eigenvalue weighted by atomic mass is 31.2. The van der Waals surface area contributed by atoms with E-state index in [4.69, 9.17) is 18.6 Å². The number of phosphoric acid groups is 1. The molecule has 0 saturated heterocycles. The number of hydrogen-bond acceptors (Lipinski definition) is 7. The molecule has 45 heavy (non-hydrogen) atoms. The number of hydrogen-bond donors (Lipinski definition) is 1. The average molecular weight is 654 g/mol. The van der Waals surface area contributed by atoms with Gasteiger partial charge >= 0.3 is 13.8 Å². The summed E-state index contributed by atoms with van der Waals surface area (Å²) >= 11 is 0. The van der Waals surface area contributed by atoms with E-state index in [1.54, 1.807) is 0 Å². The molecule has 4 aliphatic carbocycles. The molecule has 9 heteroatoms. The number of ether oxygens (including phenoxy) is 2. The molecule has 3 atom stereocenters. The molecule has 0 amide bonds. The van der Waals surface area contributed by atoms with E-state index in [9.17, 15) is 14.3 Å². The number of carbonyl (C=O) groups is 1. The Labute approximate surface area is 274 Å². The van der Waals surface area contributed by atoms with Gasteiger partial charge in [0.1, 0.15) is 11.6 Å². The highest BCUT2D eigenvalue weighted by Gasteiger charge is 2.43. The number of unbranched alkanes of at least 4 members (excludes halogenated alkanes) is 13. The zero-order valence-corrected chi connectivity index (χ0v) is 29.6. The van der Waals surface area contributed by atoms with Crippen LogP contribution in [0, 0.1) is 11.3 Å². The highest BCUT2D eigenvalue weighted by molar-refractivity contribution is 7.45. The fourth-order valence-electron chi connectivity index (χ4n) is 7.26. The monoisotopic (exact) mass is 653 g/mol. The van der Waals surface area contributed by atoms with Crippen LogP contribution in [0.5, 0.6) is 0 Å². The predicted octanol–water partition coefficient (Wildman–Crippen LogP) is 8.01. The van der Waals surface area contributed by atoms with Crippen LogP contribution < -0.4 is 10.4 Å². The van der Waals surface area contributed by atoms with E-state index in [2.05, 4.69) is 25.2 Å². The maximum atomic E-state index is 12.6. The van der Waals surface area contributed by atoms with Crippen LogP contribution >= 0.6 is 7.82 Å². The number of esters is 1. The molecule has 0 heterocycles. The molecule has 0 radical (unpaired) electrons. The summed E-state index contributed by atoms with van der Waals surface area (Å²) in [4.78, 5) is 24.2. The third-order valence-corrected chi connectivity index (χ3v) is 11.1. The van der Waals surface area contributed by atoms with Crippen LogP contribution in [0.3, 0.4) is 0 Å². The lowest BCUT2D eigenvalue weighted by Crippen LogP contribution is -2.94. The van der Waals surface area contributed by atoms with E-state index in [1.165, 1.54) is 134 Å². The standard InChI is InChI=1S/C36H64NO7P/c1-4-5-6-7-8-9-10-11-12-13-14-15-16-17-28-41-29-34(43-31(2)38)30-42-45(39,40)44-37-35(3)23-21-33(22-24-35)36-25-18-32(19-26-36)20-27-36/h21-23,32,34,37H,4-20,24-30H2,1-3H3,(H,39,40). The summed E-state index contributed by atoms with van der Waals surface area (Å²) in [5.41, 5.74) is 2.53. The van der Waals surface area contributed by atoms with Crippen LogP contribution in [0.25, 0.3) is 0 Å². The highest BCUT2D eigenvalue weighted by Crippen LogP contribution is 2.55. The van der Waals surface area contributed by atoms with Gasteiger partial charge in [0, 0.05) is 20.0 Å². The van der Waals surface area contributed by atoms with Crippen molar-refractivity contribution in [3.63, 3.8) is 0 Å². The van der Waals surface area contributed by atoms with Gasteiger partial charge in [-0.3, -0.25) is 9.36 Å². The van der Waals surface area contributed by atoms with E-state index in [-0.39, 0.29) is 13.2 Å². The van der Waals surface area contributed by atoms with Crippen LogP contribution in [0.4, 0.5) is 0 Å². The summed E-state index contributed by atoms with van der Waals surface area (Å²) in [7, 11) is -4.64. The minimum absolute atomic E-state index is 0.0816. The maximum absolute atomic E-state index is 12.6. The van der Waals surface area contributed by atoms with Gasteiger partial charge < -0.3 is 18.9 Å². The van der Waals surface area contributed by atoms with Crippen molar-refractivity contribution in [3.05, 3.63) is 23.8 Å². The normalized spacial score (nSPS) is 26.4. The molecule has 2 bridgehead atoms. The van der Waals surface area contributed by atoms with Crippen LogP contribution in [-0.4, -0.2) is 37.4 Å². The molecule has 4 rings (SSSR count). The molecule has 3 fully saturated rings. The van der Waals surface area contributed by atoms with Gasteiger partial charge in [-0.15, -0.1) is 4.62 Å². The van der Waals surface area contributed by atoms with Gasteiger partial charge in [-0.05, 0) is 74.9 Å². The molecule has 4 aliphatic rings. The lowest BCUT2D eigenvalue weighted by Gasteiger charge is -2.48. The Morgan fingerprint density at radius 3 is 2.00 bits per heavy atom. The molecule has 0 aromatic rings. The van der Waals surface area contributed by atoms with Gasteiger partial charge in [0.05, 0.1) is 13.2 Å². The Morgan fingerprint density at radius 1 is 0.933 bits per heavy atom. The van der Waals surface area contributed by atoms with Crippen LogP contribution in [0.2, 0.25) is 0 Å². The second-order valence-corrected chi connectivity index (χ2v) is 15.7. The van der Waals surface area contributed by atoms with Crippen LogP contribution in [0.15, 0.2) is 23.8 Å². The third-order valence-electron chi connectivity index (χ3n) is 10.3. The van der Waals surface area contributed by atoms with E-state index < -0.39 is 25.4 Å².